The van der Waals surface area contributed by atoms with Gasteiger partial charge in [0.1, 0.15) is 5.70 Å². The molecule has 0 unspecified atom stereocenters. The van der Waals surface area contributed by atoms with Crippen LogP contribution in [0.25, 0.3) is 0 Å². The maximum Gasteiger partial charge on any atom is 0.352 e. The van der Waals surface area contributed by atoms with Crippen LogP contribution >= 0.6 is 0 Å². The number of rotatable bonds is 18. The first-order chi connectivity index (χ1) is 12.6. The van der Waals surface area contributed by atoms with Gasteiger partial charge in [-0.25, -0.2) is 4.79 Å². The Kier molecular flexibility index (Phi) is 17.5. The zero-order chi connectivity index (χ0) is 19.5. The van der Waals surface area contributed by atoms with Gasteiger partial charge in [0, 0.05) is 6.42 Å². The summed E-state index contributed by atoms with van der Waals surface area (Å²) in [5.41, 5.74) is -0.0315. The van der Waals surface area contributed by atoms with E-state index in [4.69, 9.17) is 5.11 Å². The quantitative estimate of drug-likeness (QED) is 0.219. The lowest BCUT2D eigenvalue weighted by molar-refractivity contribution is -0.134. The number of hydrogen-bond acceptors (Lipinski definition) is 2. The molecule has 0 spiro atoms. The van der Waals surface area contributed by atoms with Crippen molar-refractivity contribution in [3.63, 3.8) is 0 Å². The van der Waals surface area contributed by atoms with Crippen molar-refractivity contribution in [1.82, 2.24) is 5.32 Å². The molecule has 0 radical (unpaired) electrons. The number of carboxylic acid groups (broad SMARTS) is 1. The highest BCUT2D eigenvalue weighted by Gasteiger charge is 2.09. The molecule has 0 bridgehead atoms. The predicted octanol–water partition coefficient (Wildman–Crippen LogP) is 6.35. The van der Waals surface area contributed by atoms with Crippen LogP contribution in [0.15, 0.2) is 11.8 Å². The molecule has 0 heterocycles. The van der Waals surface area contributed by atoms with Crippen molar-refractivity contribution in [2.75, 3.05) is 0 Å². The molecule has 2 N–H and O–H groups in total. The summed E-state index contributed by atoms with van der Waals surface area (Å²) < 4.78 is 0. The molecule has 0 aliphatic rings. The number of hydrogen-bond donors (Lipinski definition) is 2. The van der Waals surface area contributed by atoms with E-state index in [0.29, 0.717) is 6.42 Å². The Hall–Kier alpha value is -1.32. The fraction of sp³-hybridized carbons (Fsp3) is 0.818. The average molecular weight is 368 g/mol. The minimum atomic E-state index is -1.09. The molecule has 0 atom stereocenters. The smallest absolute Gasteiger partial charge is 0.352 e. The van der Waals surface area contributed by atoms with Crippen LogP contribution in [0, 0.1) is 0 Å². The second kappa shape index (κ2) is 18.5. The SMILES string of the molecule is CC=C(NC(=O)CCCCCCCCCCCCCCCCC)C(=O)O. The molecule has 152 valence electrons. The van der Waals surface area contributed by atoms with E-state index in [1.807, 2.05) is 0 Å². The van der Waals surface area contributed by atoms with Crippen LogP contribution in [0.5, 0.6) is 0 Å². The van der Waals surface area contributed by atoms with Gasteiger partial charge in [0.2, 0.25) is 5.91 Å². The predicted molar refractivity (Wildman–Crippen MR) is 109 cm³/mol. The highest BCUT2D eigenvalue weighted by Crippen LogP contribution is 2.13. The first-order valence-corrected chi connectivity index (χ1v) is 10.8. The number of carboxylic acids is 1. The summed E-state index contributed by atoms with van der Waals surface area (Å²) in [4.78, 5) is 22.4. The van der Waals surface area contributed by atoms with Gasteiger partial charge in [-0.05, 0) is 13.3 Å². The van der Waals surface area contributed by atoms with Crippen LogP contribution in [0.4, 0.5) is 0 Å². The standard InChI is InChI=1S/C22H41NO3/c1-3-5-6-7-8-9-10-11-12-13-14-15-16-17-18-19-21(24)23-20(4-2)22(25)26/h4H,3,5-19H2,1-2H3,(H,23,24)(H,25,26). The van der Waals surface area contributed by atoms with E-state index in [0.717, 1.165) is 12.8 Å². The third kappa shape index (κ3) is 16.2. The van der Waals surface area contributed by atoms with E-state index in [9.17, 15) is 9.59 Å². The van der Waals surface area contributed by atoms with Gasteiger partial charge in [0.15, 0.2) is 0 Å². The van der Waals surface area contributed by atoms with Crippen LogP contribution in [0.3, 0.4) is 0 Å². The van der Waals surface area contributed by atoms with Gasteiger partial charge in [-0.2, -0.15) is 0 Å². The fourth-order valence-corrected chi connectivity index (χ4v) is 3.12. The van der Waals surface area contributed by atoms with E-state index in [1.165, 1.54) is 89.5 Å². The highest BCUT2D eigenvalue weighted by atomic mass is 16.4. The molecule has 4 nitrogen and oxygen atoms in total. The zero-order valence-corrected chi connectivity index (χ0v) is 17.2. The van der Waals surface area contributed by atoms with Gasteiger partial charge in [-0.1, -0.05) is 103 Å². The third-order valence-corrected chi connectivity index (χ3v) is 4.80. The molecule has 0 fully saturated rings. The molecule has 0 aliphatic carbocycles. The first kappa shape index (κ1) is 24.7. The van der Waals surface area contributed by atoms with Gasteiger partial charge >= 0.3 is 5.97 Å². The van der Waals surface area contributed by atoms with Crippen LogP contribution in [-0.2, 0) is 9.59 Å². The minimum Gasteiger partial charge on any atom is -0.477 e. The molecule has 0 saturated carbocycles. The topological polar surface area (TPSA) is 66.4 Å². The normalized spacial score (nSPS) is 11.5. The van der Waals surface area contributed by atoms with Gasteiger partial charge in [0.25, 0.3) is 0 Å². The Morgan fingerprint density at radius 2 is 1.12 bits per heavy atom. The number of allylic oxidation sites excluding steroid dienone is 1. The number of carbonyl (C=O) groups excluding carboxylic acids is 1. The van der Waals surface area contributed by atoms with E-state index >= 15 is 0 Å². The summed E-state index contributed by atoms with van der Waals surface area (Å²) in [5, 5.41) is 11.3. The molecule has 0 saturated heterocycles. The Labute approximate surface area is 160 Å². The molecular weight excluding hydrogens is 326 g/mol. The number of nitrogens with one attached hydrogen (secondary N) is 1. The maximum atomic E-state index is 11.6. The van der Waals surface area contributed by atoms with Crippen LogP contribution in [-0.4, -0.2) is 17.0 Å². The van der Waals surface area contributed by atoms with Gasteiger partial charge in [-0.3, -0.25) is 4.79 Å². The Bertz CT molecular complexity index is 391. The second-order valence-electron chi connectivity index (χ2n) is 7.26. The lowest BCUT2D eigenvalue weighted by Gasteiger charge is -2.05. The van der Waals surface area contributed by atoms with Crippen molar-refractivity contribution in [3.8, 4) is 0 Å². The summed E-state index contributed by atoms with van der Waals surface area (Å²) in [6, 6.07) is 0. The number of carbonyl (C=O) groups is 2. The van der Waals surface area contributed by atoms with E-state index in [1.54, 1.807) is 6.92 Å². The third-order valence-electron chi connectivity index (χ3n) is 4.80. The summed E-state index contributed by atoms with van der Waals surface area (Å²) >= 11 is 0. The summed E-state index contributed by atoms with van der Waals surface area (Å²) in [6.45, 7) is 3.87. The fourth-order valence-electron chi connectivity index (χ4n) is 3.12. The molecule has 0 aliphatic heterocycles. The first-order valence-electron chi connectivity index (χ1n) is 10.8. The van der Waals surface area contributed by atoms with E-state index in [2.05, 4.69) is 12.2 Å². The van der Waals surface area contributed by atoms with Gasteiger partial charge in [0.05, 0.1) is 0 Å². The Morgan fingerprint density at radius 3 is 1.46 bits per heavy atom. The summed E-state index contributed by atoms with van der Waals surface area (Å²) in [7, 11) is 0. The molecular formula is C22H41NO3. The Morgan fingerprint density at radius 1 is 0.731 bits per heavy atom. The van der Waals surface area contributed by atoms with Crippen LogP contribution in [0.2, 0.25) is 0 Å². The van der Waals surface area contributed by atoms with Crippen molar-refractivity contribution in [1.29, 1.82) is 0 Å². The molecule has 0 aromatic carbocycles. The lowest BCUT2D eigenvalue weighted by atomic mass is 10.0. The van der Waals surface area contributed by atoms with E-state index < -0.39 is 5.97 Å². The van der Waals surface area contributed by atoms with Gasteiger partial charge < -0.3 is 10.4 Å². The van der Waals surface area contributed by atoms with Crippen molar-refractivity contribution in [2.45, 2.75) is 117 Å². The molecule has 0 aromatic rings. The highest BCUT2D eigenvalue weighted by molar-refractivity contribution is 5.92. The number of unbranched alkanes of at least 4 members (excludes halogenated alkanes) is 14. The molecule has 4 heteroatoms. The minimum absolute atomic E-state index is 0.0315. The van der Waals surface area contributed by atoms with Crippen LogP contribution < -0.4 is 5.32 Å². The lowest BCUT2D eigenvalue weighted by Crippen LogP contribution is -2.26. The number of amides is 1. The molecule has 0 aromatic heterocycles. The maximum absolute atomic E-state index is 11.6. The molecule has 26 heavy (non-hydrogen) atoms. The van der Waals surface area contributed by atoms with Crippen molar-refractivity contribution in [3.05, 3.63) is 11.8 Å². The largest absolute Gasteiger partial charge is 0.477 e. The monoisotopic (exact) mass is 367 g/mol. The molecule has 1 amide bonds. The van der Waals surface area contributed by atoms with Gasteiger partial charge in [-0.15, -0.1) is 0 Å². The summed E-state index contributed by atoms with van der Waals surface area (Å²) in [5.74, 6) is -1.28. The molecule has 0 rings (SSSR count). The van der Waals surface area contributed by atoms with Crippen molar-refractivity contribution >= 4 is 11.9 Å². The van der Waals surface area contributed by atoms with Crippen molar-refractivity contribution in [2.24, 2.45) is 0 Å². The summed E-state index contributed by atoms with van der Waals surface area (Å²) in [6.07, 6.45) is 21.2. The van der Waals surface area contributed by atoms with E-state index in [-0.39, 0.29) is 11.6 Å². The zero-order valence-electron chi connectivity index (χ0n) is 17.2. The average Bonchev–Trinajstić information content (AvgIpc) is 2.62. The Balaban J connectivity index is 3.29. The second-order valence-corrected chi connectivity index (χ2v) is 7.26. The number of aliphatic carboxylic acids is 1. The van der Waals surface area contributed by atoms with Crippen LogP contribution in [0.1, 0.15) is 117 Å². The van der Waals surface area contributed by atoms with Crippen molar-refractivity contribution < 1.29 is 14.7 Å².